The molecule has 5 nitrogen and oxygen atoms in total. The summed E-state index contributed by atoms with van der Waals surface area (Å²) in [5.74, 6) is 0.146. The molecule has 0 spiro atoms. The fourth-order valence-corrected chi connectivity index (χ4v) is 4.63. The Bertz CT molecular complexity index is 360. The molecule has 2 rings (SSSR count). The van der Waals surface area contributed by atoms with Gasteiger partial charge in [0.2, 0.25) is 10.0 Å². The van der Waals surface area contributed by atoms with Gasteiger partial charge in [-0.1, -0.05) is 13.3 Å². The Hall–Kier alpha value is -0.170. The topological polar surface area (TPSA) is 58.6 Å². The van der Waals surface area contributed by atoms with Crippen molar-refractivity contribution in [2.45, 2.75) is 51.2 Å². The smallest absolute Gasteiger partial charge is 0.216 e. The summed E-state index contributed by atoms with van der Waals surface area (Å²) in [6, 6.07) is 0.313. The van der Waals surface area contributed by atoms with E-state index < -0.39 is 10.0 Å². The molecule has 2 atom stereocenters. The van der Waals surface area contributed by atoms with Crippen molar-refractivity contribution in [1.29, 1.82) is 0 Å². The summed E-state index contributed by atoms with van der Waals surface area (Å²) in [6.07, 6.45) is 5.23. The Kier molecular flexibility index (Phi) is 5.62. The van der Waals surface area contributed by atoms with E-state index in [-0.39, 0.29) is 11.9 Å². The zero-order chi connectivity index (χ0) is 13.7. The normalized spacial score (nSPS) is 28.9. The van der Waals surface area contributed by atoms with E-state index in [2.05, 4.69) is 5.32 Å². The second kappa shape index (κ2) is 7.02. The fourth-order valence-electron chi connectivity index (χ4n) is 2.88. The number of piperidine rings is 1. The molecule has 6 heteroatoms. The lowest BCUT2D eigenvalue weighted by molar-refractivity contribution is 0.126. The molecule has 0 bridgehead atoms. The van der Waals surface area contributed by atoms with Gasteiger partial charge < -0.3 is 10.1 Å². The maximum Gasteiger partial charge on any atom is 0.216 e. The van der Waals surface area contributed by atoms with Crippen molar-refractivity contribution in [3.8, 4) is 0 Å². The first-order chi connectivity index (χ1) is 9.12. The molecule has 0 aromatic rings. The van der Waals surface area contributed by atoms with Crippen LogP contribution in [0.15, 0.2) is 0 Å². The van der Waals surface area contributed by atoms with Crippen molar-refractivity contribution >= 4 is 10.0 Å². The van der Waals surface area contributed by atoms with Gasteiger partial charge in [-0.2, -0.15) is 0 Å². The van der Waals surface area contributed by atoms with Crippen LogP contribution in [0.2, 0.25) is 0 Å². The summed E-state index contributed by atoms with van der Waals surface area (Å²) < 4.78 is 31.9. The zero-order valence-corrected chi connectivity index (χ0v) is 12.6. The van der Waals surface area contributed by atoms with E-state index in [1.54, 1.807) is 4.31 Å². The number of likely N-dealkylation sites (N-methyl/N-ethyl adjacent to an activating group) is 1. The van der Waals surface area contributed by atoms with Crippen LogP contribution in [0.3, 0.4) is 0 Å². The SMILES string of the molecule is CCN(CC1CCCCN1)S(=O)(=O)CC1CCCO1. The Morgan fingerprint density at radius 1 is 1.26 bits per heavy atom. The van der Waals surface area contributed by atoms with Crippen LogP contribution in [0.25, 0.3) is 0 Å². The molecular formula is C13H26N2O3S. The van der Waals surface area contributed by atoms with Crippen molar-refractivity contribution in [2.24, 2.45) is 0 Å². The maximum absolute atomic E-state index is 12.4. The Labute approximate surface area is 116 Å². The van der Waals surface area contributed by atoms with Gasteiger partial charge in [-0.3, -0.25) is 0 Å². The van der Waals surface area contributed by atoms with E-state index >= 15 is 0 Å². The minimum atomic E-state index is -3.19. The first-order valence-electron chi connectivity index (χ1n) is 7.44. The van der Waals surface area contributed by atoms with Gasteiger partial charge in [0, 0.05) is 25.7 Å². The van der Waals surface area contributed by atoms with Gasteiger partial charge in [-0.05, 0) is 32.2 Å². The third-order valence-corrected chi connectivity index (χ3v) is 5.99. The largest absolute Gasteiger partial charge is 0.377 e. The summed E-state index contributed by atoms with van der Waals surface area (Å²) in [5.41, 5.74) is 0. The minimum Gasteiger partial charge on any atom is -0.377 e. The Morgan fingerprint density at radius 3 is 2.68 bits per heavy atom. The summed E-state index contributed by atoms with van der Waals surface area (Å²) in [4.78, 5) is 0. The van der Waals surface area contributed by atoms with E-state index in [1.807, 2.05) is 6.92 Å². The molecule has 2 fully saturated rings. The second-order valence-electron chi connectivity index (χ2n) is 5.51. The summed E-state index contributed by atoms with van der Waals surface area (Å²) in [7, 11) is -3.19. The van der Waals surface area contributed by atoms with Crippen LogP contribution in [0, 0.1) is 0 Å². The molecule has 2 heterocycles. The molecule has 2 aliphatic heterocycles. The molecule has 2 aliphatic rings. The van der Waals surface area contributed by atoms with Crippen LogP contribution in [-0.2, 0) is 14.8 Å². The minimum absolute atomic E-state index is 0.0987. The number of rotatable bonds is 6. The van der Waals surface area contributed by atoms with Crippen LogP contribution in [0.4, 0.5) is 0 Å². The fraction of sp³-hybridized carbons (Fsp3) is 1.00. The third kappa shape index (κ3) is 4.41. The standard InChI is InChI=1S/C13H26N2O3S/c1-2-15(10-12-6-3-4-8-14-12)19(16,17)11-13-7-5-9-18-13/h12-14H,2-11H2,1H3. The molecule has 2 saturated heterocycles. The lowest BCUT2D eigenvalue weighted by Crippen LogP contribution is -2.47. The van der Waals surface area contributed by atoms with Crippen LogP contribution >= 0.6 is 0 Å². The van der Waals surface area contributed by atoms with Crippen molar-refractivity contribution in [3.05, 3.63) is 0 Å². The highest BCUT2D eigenvalue weighted by Crippen LogP contribution is 2.17. The Morgan fingerprint density at radius 2 is 2.11 bits per heavy atom. The number of sulfonamides is 1. The number of nitrogens with one attached hydrogen (secondary N) is 1. The van der Waals surface area contributed by atoms with Crippen LogP contribution in [-0.4, -0.2) is 56.9 Å². The Balaban J connectivity index is 1.90. The molecular weight excluding hydrogens is 264 g/mol. The van der Waals surface area contributed by atoms with Gasteiger partial charge in [0.25, 0.3) is 0 Å². The van der Waals surface area contributed by atoms with Gasteiger partial charge in [0.05, 0.1) is 11.9 Å². The maximum atomic E-state index is 12.4. The molecule has 0 saturated carbocycles. The third-order valence-electron chi connectivity index (χ3n) is 4.00. The molecule has 2 unspecified atom stereocenters. The average molecular weight is 290 g/mol. The summed E-state index contributed by atoms with van der Waals surface area (Å²) in [6.45, 7) is 4.78. The molecule has 0 aromatic carbocycles. The summed E-state index contributed by atoms with van der Waals surface area (Å²) in [5, 5.41) is 3.41. The van der Waals surface area contributed by atoms with E-state index in [4.69, 9.17) is 4.74 Å². The van der Waals surface area contributed by atoms with Crippen molar-refractivity contribution in [1.82, 2.24) is 9.62 Å². The monoisotopic (exact) mass is 290 g/mol. The zero-order valence-electron chi connectivity index (χ0n) is 11.8. The highest BCUT2D eigenvalue weighted by molar-refractivity contribution is 7.89. The quantitative estimate of drug-likeness (QED) is 0.791. The van der Waals surface area contributed by atoms with Crippen LogP contribution in [0.1, 0.15) is 39.0 Å². The predicted octanol–water partition coefficient (Wildman–Crippen LogP) is 0.959. The number of hydrogen-bond acceptors (Lipinski definition) is 4. The number of nitrogens with zero attached hydrogens (tertiary/aromatic N) is 1. The number of ether oxygens (including phenoxy) is 1. The second-order valence-corrected chi connectivity index (χ2v) is 7.52. The van der Waals surface area contributed by atoms with Gasteiger partial charge in [-0.25, -0.2) is 12.7 Å². The molecule has 0 aromatic heterocycles. The first kappa shape index (κ1) is 15.2. The highest BCUT2D eigenvalue weighted by atomic mass is 32.2. The van der Waals surface area contributed by atoms with E-state index in [0.717, 1.165) is 25.8 Å². The van der Waals surface area contributed by atoms with Gasteiger partial charge in [0.15, 0.2) is 0 Å². The van der Waals surface area contributed by atoms with Crippen molar-refractivity contribution in [3.63, 3.8) is 0 Å². The summed E-state index contributed by atoms with van der Waals surface area (Å²) >= 11 is 0. The molecule has 0 radical (unpaired) electrons. The molecule has 0 amide bonds. The van der Waals surface area contributed by atoms with E-state index in [9.17, 15) is 8.42 Å². The molecule has 1 N–H and O–H groups in total. The van der Waals surface area contributed by atoms with Crippen LogP contribution < -0.4 is 5.32 Å². The highest BCUT2D eigenvalue weighted by Gasteiger charge is 2.29. The van der Waals surface area contributed by atoms with E-state index in [1.165, 1.54) is 12.8 Å². The first-order valence-corrected chi connectivity index (χ1v) is 9.05. The lowest BCUT2D eigenvalue weighted by atomic mass is 10.1. The molecule has 19 heavy (non-hydrogen) atoms. The number of hydrogen-bond donors (Lipinski definition) is 1. The van der Waals surface area contributed by atoms with E-state index in [0.29, 0.717) is 25.7 Å². The predicted molar refractivity (Wildman–Crippen MR) is 75.6 cm³/mol. The molecule has 112 valence electrons. The van der Waals surface area contributed by atoms with Crippen molar-refractivity contribution in [2.75, 3.05) is 32.0 Å². The average Bonchev–Trinajstić information content (AvgIpc) is 2.89. The van der Waals surface area contributed by atoms with Crippen molar-refractivity contribution < 1.29 is 13.2 Å². The van der Waals surface area contributed by atoms with Crippen LogP contribution in [0.5, 0.6) is 0 Å². The van der Waals surface area contributed by atoms with Gasteiger partial charge >= 0.3 is 0 Å². The van der Waals surface area contributed by atoms with Gasteiger partial charge in [-0.15, -0.1) is 0 Å². The lowest BCUT2D eigenvalue weighted by Gasteiger charge is -2.30. The molecule has 0 aliphatic carbocycles. The van der Waals surface area contributed by atoms with Gasteiger partial charge in [0.1, 0.15) is 0 Å².